The van der Waals surface area contributed by atoms with Crippen molar-refractivity contribution in [1.29, 1.82) is 0 Å². The van der Waals surface area contributed by atoms with Gasteiger partial charge in [0.25, 0.3) is 0 Å². The Balaban J connectivity index is 1.90. The molecule has 0 atom stereocenters. The second kappa shape index (κ2) is 6.74. The molecule has 0 saturated heterocycles. The molecule has 1 aromatic heterocycles. The molecule has 1 heterocycles. The molecule has 2 rings (SSSR count). The maximum absolute atomic E-state index is 10.4. The van der Waals surface area contributed by atoms with Crippen molar-refractivity contribution < 1.29 is 9.90 Å². The van der Waals surface area contributed by atoms with Crippen LogP contribution in [0, 0.1) is 0 Å². The van der Waals surface area contributed by atoms with Gasteiger partial charge >= 0.3 is 5.97 Å². The molecule has 0 unspecified atom stereocenters. The lowest BCUT2D eigenvalue weighted by atomic mass is 10.2. The number of nitrogens with one attached hydrogen (secondary N) is 1. The molecule has 0 radical (unpaired) electrons. The highest BCUT2D eigenvalue weighted by molar-refractivity contribution is 8.01. The van der Waals surface area contributed by atoms with E-state index in [1.165, 1.54) is 11.3 Å². The van der Waals surface area contributed by atoms with Crippen LogP contribution in [0.3, 0.4) is 0 Å². The van der Waals surface area contributed by atoms with E-state index in [9.17, 15) is 4.79 Å². The lowest BCUT2D eigenvalue weighted by molar-refractivity contribution is -0.133. The van der Waals surface area contributed by atoms with E-state index in [1.54, 1.807) is 0 Å². The molecule has 0 fully saturated rings. The number of hydrogen-bond acceptors (Lipinski definition) is 6. The Labute approximate surface area is 123 Å². The van der Waals surface area contributed by atoms with Crippen molar-refractivity contribution in [1.82, 2.24) is 10.2 Å². The molecule has 2 aromatic rings. The van der Waals surface area contributed by atoms with Gasteiger partial charge in [-0.25, -0.2) is 0 Å². The molecule has 0 aliphatic heterocycles. The minimum Gasteiger partial charge on any atom is -0.481 e. The van der Waals surface area contributed by atoms with Gasteiger partial charge in [0, 0.05) is 11.6 Å². The zero-order valence-electron chi connectivity index (χ0n) is 9.67. The van der Waals surface area contributed by atoms with Gasteiger partial charge in [0.2, 0.25) is 5.13 Å². The summed E-state index contributed by atoms with van der Waals surface area (Å²) in [6, 6.07) is 7.54. The molecule has 0 saturated carbocycles. The van der Waals surface area contributed by atoms with Crippen LogP contribution >= 0.6 is 34.7 Å². The molecule has 100 valence electrons. The van der Waals surface area contributed by atoms with Gasteiger partial charge in [-0.1, -0.05) is 52.9 Å². The predicted octanol–water partition coefficient (Wildman–Crippen LogP) is 2.98. The van der Waals surface area contributed by atoms with E-state index in [1.807, 2.05) is 24.3 Å². The Kier molecular flexibility index (Phi) is 5.00. The Hall–Kier alpha value is -1.31. The summed E-state index contributed by atoms with van der Waals surface area (Å²) in [5.41, 5.74) is 0.971. The summed E-state index contributed by atoms with van der Waals surface area (Å²) in [6.07, 6.45) is 0. The third kappa shape index (κ3) is 4.38. The first-order valence-electron chi connectivity index (χ1n) is 5.30. The van der Waals surface area contributed by atoms with E-state index in [4.69, 9.17) is 16.7 Å². The van der Waals surface area contributed by atoms with E-state index in [0.29, 0.717) is 21.0 Å². The van der Waals surface area contributed by atoms with Crippen LogP contribution in [-0.4, -0.2) is 27.0 Å². The Morgan fingerprint density at radius 2 is 2.21 bits per heavy atom. The lowest BCUT2D eigenvalue weighted by Gasteiger charge is -2.03. The monoisotopic (exact) mass is 315 g/mol. The van der Waals surface area contributed by atoms with Crippen molar-refractivity contribution in [3.8, 4) is 0 Å². The second-order valence-electron chi connectivity index (χ2n) is 3.50. The molecule has 2 N–H and O–H groups in total. The van der Waals surface area contributed by atoms with Crippen LogP contribution in [0.4, 0.5) is 5.13 Å². The summed E-state index contributed by atoms with van der Waals surface area (Å²) in [6.45, 7) is 0.553. The van der Waals surface area contributed by atoms with Crippen LogP contribution < -0.4 is 5.32 Å². The number of carboxylic acid groups (broad SMARTS) is 1. The number of anilines is 1. The molecule has 0 aliphatic rings. The van der Waals surface area contributed by atoms with E-state index >= 15 is 0 Å². The maximum Gasteiger partial charge on any atom is 0.313 e. The van der Waals surface area contributed by atoms with Gasteiger partial charge in [0.1, 0.15) is 0 Å². The molecule has 0 spiro atoms. The largest absolute Gasteiger partial charge is 0.481 e. The fourth-order valence-corrected chi connectivity index (χ4v) is 2.95. The van der Waals surface area contributed by atoms with E-state index in [2.05, 4.69) is 15.5 Å². The van der Waals surface area contributed by atoms with E-state index in [-0.39, 0.29) is 5.75 Å². The fourth-order valence-electron chi connectivity index (χ4n) is 1.28. The van der Waals surface area contributed by atoms with Crippen molar-refractivity contribution in [2.24, 2.45) is 0 Å². The lowest BCUT2D eigenvalue weighted by Crippen LogP contribution is -1.99. The normalized spacial score (nSPS) is 10.4. The minimum absolute atomic E-state index is 0.0147. The molecule has 0 aliphatic carbocycles. The zero-order chi connectivity index (χ0) is 13.7. The molecule has 0 bridgehead atoms. The van der Waals surface area contributed by atoms with Crippen LogP contribution in [0.5, 0.6) is 0 Å². The topological polar surface area (TPSA) is 75.1 Å². The Morgan fingerprint density at radius 1 is 1.42 bits per heavy atom. The summed E-state index contributed by atoms with van der Waals surface area (Å²) >= 11 is 8.51. The quantitative estimate of drug-likeness (QED) is 0.798. The standard InChI is InChI=1S/C11H10ClN3O2S2/c12-8-4-2-1-3-7(8)5-13-10-14-15-11(19-10)18-6-9(16)17/h1-4H,5-6H2,(H,13,14)(H,16,17). The van der Waals surface area contributed by atoms with Gasteiger partial charge in [-0.15, -0.1) is 10.2 Å². The van der Waals surface area contributed by atoms with Crippen LogP contribution in [0.25, 0.3) is 0 Å². The molecule has 0 amide bonds. The minimum atomic E-state index is -0.870. The molecule has 8 heteroatoms. The number of carboxylic acids is 1. The Bertz CT molecular complexity index is 577. The third-order valence-corrected chi connectivity index (χ3v) is 4.48. The summed E-state index contributed by atoms with van der Waals surface area (Å²) in [4.78, 5) is 10.4. The number of aromatic nitrogens is 2. The van der Waals surface area contributed by atoms with Gasteiger partial charge in [0.05, 0.1) is 5.75 Å². The Morgan fingerprint density at radius 3 is 2.95 bits per heavy atom. The highest BCUT2D eigenvalue weighted by atomic mass is 35.5. The van der Waals surface area contributed by atoms with Crippen molar-refractivity contribution in [2.45, 2.75) is 10.9 Å². The summed E-state index contributed by atoms with van der Waals surface area (Å²) in [5.74, 6) is -0.884. The summed E-state index contributed by atoms with van der Waals surface area (Å²) < 4.78 is 0.629. The zero-order valence-corrected chi connectivity index (χ0v) is 12.1. The SMILES string of the molecule is O=C(O)CSc1nnc(NCc2ccccc2Cl)s1. The number of hydrogen-bond donors (Lipinski definition) is 2. The number of nitrogens with zero attached hydrogens (tertiary/aromatic N) is 2. The van der Waals surface area contributed by atoms with Gasteiger partial charge < -0.3 is 10.4 Å². The number of halogens is 1. The summed E-state index contributed by atoms with van der Waals surface area (Å²) in [5, 5.41) is 20.9. The number of carbonyl (C=O) groups is 1. The number of benzene rings is 1. The predicted molar refractivity (Wildman–Crippen MR) is 77.0 cm³/mol. The van der Waals surface area contributed by atoms with Crippen LogP contribution in [0.2, 0.25) is 5.02 Å². The smallest absolute Gasteiger partial charge is 0.313 e. The van der Waals surface area contributed by atoms with Crippen molar-refractivity contribution in [3.05, 3.63) is 34.9 Å². The van der Waals surface area contributed by atoms with E-state index < -0.39 is 5.97 Å². The van der Waals surface area contributed by atoms with Gasteiger partial charge in [0.15, 0.2) is 4.34 Å². The number of rotatable bonds is 6. The highest BCUT2D eigenvalue weighted by Crippen LogP contribution is 2.26. The van der Waals surface area contributed by atoms with Crippen LogP contribution in [0.15, 0.2) is 28.6 Å². The number of thioether (sulfide) groups is 1. The molecule has 19 heavy (non-hydrogen) atoms. The van der Waals surface area contributed by atoms with Gasteiger partial charge in [-0.3, -0.25) is 4.79 Å². The third-order valence-electron chi connectivity index (χ3n) is 2.11. The van der Waals surface area contributed by atoms with Crippen LogP contribution in [-0.2, 0) is 11.3 Å². The van der Waals surface area contributed by atoms with Gasteiger partial charge in [-0.2, -0.15) is 0 Å². The molecule has 1 aromatic carbocycles. The first kappa shape index (κ1) is 14.1. The molecular weight excluding hydrogens is 306 g/mol. The van der Waals surface area contributed by atoms with E-state index in [0.717, 1.165) is 17.3 Å². The first-order chi connectivity index (χ1) is 9.15. The summed E-state index contributed by atoms with van der Waals surface area (Å²) in [7, 11) is 0. The van der Waals surface area contributed by atoms with Crippen molar-refractivity contribution >= 4 is 45.8 Å². The average molecular weight is 316 g/mol. The van der Waals surface area contributed by atoms with Crippen molar-refractivity contribution in [2.75, 3.05) is 11.1 Å². The van der Waals surface area contributed by atoms with Crippen LogP contribution in [0.1, 0.15) is 5.56 Å². The number of aliphatic carboxylic acids is 1. The average Bonchev–Trinajstić information content (AvgIpc) is 2.83. The second-order valence-corrected chi connectivity index (χ2v) is 6.11. The first-order valence-corrected chi connectivity index (χ1v) is 7.48. The maximum atomic E-state index is 10.4. The molecular formula is C11H10ClN3O2S2. The van der Waals surface area contributed by atoms with Crippen molar-refractivity contribution in [3.63, 3.8) is 0 Å². The highest BCUT2D eigenvalue weighted by Gasteiger charge is 2.07. The molecule has 5 nitrogen and oxygen atoms in total. The van der Waals surface area contributed by atoms with Gasteiger partial charge in [-0.05, 0) is 11.6 Å². The fraction of sp³-hybridized carbons (Fsp3) is 0.182.